The van der Waals surface area contributed by atoms with Gasteiger partial charge in [-0.1, -0.05) is 12.8 Å². The zero-order chi connectivity index (χ0) is 13.8. The molecule has 0 aromatic heterocycles. The van der Waals surface area contributed by atoms with E-state index in [1.807, 2.05) is 0 Å². The van der Waals surface area contributed by atoms with Crippen LogP contribution >= 0.6 is 0 Å². The molecule has 2 unspecified atom stereocenters. The highest BCUT2D eigenvalue weighted by molar-refractivity contribution is 5.82. The number of nitrogens with zero attached hydrogens (tertiary/aromatic N) is 1. The van der Waals surface area contributed by atoms with E-state index in [4.69, 9.17) is 5.11 Å². The number of nitrogens with one attached hydrogen (secondary N) is 1. The molecule has 2 fully saturated rings. The van der Waals surface area contributed by atoms with Crippen molar-refractivity contribution >= 4 is 11.9 Å². The quantitative estimate of drug-likeness (QED) is 0.808. The summed E-state index contributed by atoms with van der Waals surface area (Å²) in [4.78, 5) is 25.3. The first-order chi connectivity index (χ1) is 9.09. The maximum absolute atomic E-state index is 12.2. The Morgan fingerprint density at radius 2 is 2.05 bits per heavy atom. The monoisotopic (exact) mass is 268 g/mol. The fraction of sp³-hybridized carbons (Fsp3) is 0.857. The summed E-state index contributed by atoms with van der Waals surface area (Å²) in [5.74, 6) is -0.812. The van der Waals surface area contributed by atoms with Crippen LogP contribution in [0.4, 0.5) is 0 Å². The van der Waals surface area contributed by atoms with E-state index in [1.54, 1.807) is 0 Å². The Morgan fingerprint density at radius 1 is 1.37 bits per heavy atom. The van der Waals surface area contributed by atoms with Gasteiger partial charge in [-0.25, -0.2) is 0 Å². The Balaban J connectivity index is 2.13. The maximum atomic E-state index is 12.2. The molecule has 2 N–H and O–H groups in total. The second-order valence-electron chi connectivity index (χ2n) is 5.76. The molecular formula is C14H24N2O3. The van der Waals surface area contributed by atoms with Gasteiger partial charge < -0.3 is 10.4 Å². The molecule has 2 atom stereocenters. The lowest BCUT2D eigenvalue weighted by molar-refractivity contribution is -0.138. The van der Waals surface area contributed by atoms with E-state index in [9.17, 15) is 9.59 Å². The smallest absolute Gasteiger partial charge is 0.303 e. The summed E-state index contributed by atoms with van der Waals surface area (Å²) in [6.45, 7) is 2.86. The zero-order valence-electron chi connectivity index (χ0n) is 11.6. The van der Waals surface area contributed by atoms with Crippen molar-refractivity contribution in [1.29, 1.82) is 0 Å². The minimum absolute atomic E-state index is 0.0116. The average Bonchev–Trinajstić information content (AvgIpc) is 2.82. The summed E-state index contributed by atoms with van der Waals surface area (Å²) in [7, 11) is 0. The van der Waals surface area contributed by atoms with Crippen LogP contribution in [0.5, 0.6) is 0 Å². The lowest BCUT2D eigenvalue weighted by Crippen LogP contribution is -2.51. The minimum atomic E-state index is -0.823. The van der Waals surface area contributed by atoms with Gasteiger partial charge in [-0.05, 0) is 32.6 Å². The highest BCUT2D eigenvalue weighted by atomic mass is 16.4. The number of carboxylic acids is 1. The molecule has 1 aliphatic carbocycles. The van der Waals surface area contributed by atoms with Gasteiger partial charge in [-0.3, -0.25) is 14.5 Å². The molecule has 0 radical (unpaired) electrons. The van der Waals surface area contributed by atoms with Gasteiger partial charge in [0.05, 0.1) is 6.04 Å². The molecule has 5 heteroatoms. The molecule has 1 saturated heterocycles. The molecule has 1 aliphatic heterocycles. The number of aliphatic carboxylic acids is 1. The van der Waals surface area contributed by atoms with Gasteiger partial charge in [-0.15, -0.1) is 0 Å². The van der Waals surface area contributed by atoms with Crippen LogP contribution in [0.25, 0.3) is 0 Å². The van der Waals surface area contributed by atoms with E-state index in [2.05, 4.69) is 17.1 Å². The van der Waals surface area contributed by atoms with Gasteiger partial charge >= 0.3 is 5.97 Å². The predicted molar refractivity (Wildman–Crippen MR) is 71.8 cm³/mol. The molecule has 0 spiro atoms. The van der Waals surface area contributed by atoms with Gasteiger partial charge in [-0.2, -0.15) is 0 Å². The SMILES string of the molecule is CC1CCNC(=O)C(CCC(=O)O)N1C1CCCC1. The van der Waals surface area contributed by atoms with Crippen molar-refractivity contribution < 1.29 is 14.7 Å². The average molecular weight is 268 g/mol. The van der Waals surface area contributed by atoms with Crippen LogP contribution in [0, 0.1) is 0 Å². The normalized spacial score (nSPS) is 30.1. The van der Waals surface area contributed by atoms with Crippen LogP contribution in [-0.2, 0) is 9.59 Å². The number of hydrogen-bond donors (Lipinski definition) is 2. The molecule has 2 aliphatic rings. The van der Waals surface area contributed by atoms with E-state index in [0.717, 1.165) is 19.3 Å². The number of rotatable bonds is 4. The van der Waals surface area contributed by atoms with Crippen LogP contribution < -0.4 is 5.32 Å². The summed E-state index contributed by atoms with van der Waals surface area (Å²) in [6, 6.07) is 0.537. The largest absolute Gasteiger partial charge is 0.481 e. The third-order valence-corrected chi connectivity index (χ3v) is 4.41. The maximum Gasteiger partial charge on any atom is 0.303 e. The van der Waals surface area contributed by atoms with Gasteiger partial charge in [0, 0.05) is 25.0 Å². The predicted octanol–water partition coefficient (Wildman–Crippen LogP) is 1.37. The molecule has 108 valence electrons. The van der Waals surface area contributed by atoms with Gasteiger partial charge in [0.1, 0.15) is 0 Å². The van der Waals surface area contributed by atoms with E-state index < -0.39 is 5.97 Å². The number of amides is 1. The third-order valence-electron chi connectivity index (χ3n) is 4.41. The third kappa shape index (κ3) is 3.47. The van der Waals surface area contributed by atoms with Crippen molar-refractivity contribution in [3.8, 4) is 0 Å². The van der Waals surface area contributed by atoms with Crippen LogP contribution in [0.2, 0.25) is 0 Å². The molecule has 1 heterocycles. The second-order valence-corrected chi connectivity index (χ2v) is 5.76. The van der Waals surface area contributed by atoms with Crippen molar-refractivity contribution in [2.45, 2.75) is 70.0 Å². The number of hydrogen-bond acceptors (Lipinski definition) is 3. The van der Waals surface area contributed by atoms with E-state index in [-0.39, 0.29) is 18.4 Å². The lowest BCUT2D eigenvalue weighted by Gasteiger charge is -2.38. The fourth-order valence-electron chi connectivity index (χ4n) is 3.47. The van der Waals surface area contributed by atoms with Crippen molar-refractivity contribution in [3.05, 3.63) is 0 Å². The minimum Gasteiger partial charge on any atom is -0.481 e. The summed E-state index contributed by atoms with van der Waals surface area (Å²) >= 11 is 0. The molecule has 1 amide bonds. The van der Waals surface area contributed by atoms with Crippen LogP contribution in [0.3, 0.4) is 0 Å². The van der Waals surface area contributed by atoms with Gasteiger partial charge in [0.25, 0.3) is 0 Å². The van der Waals surface area contributed by atoms with Crippen molar-refractivity contribution in [1.82, 2.24) is 10.2 Å². The Kier molecular flexibility index (Phi) is 4.80. The molecule has 1 saturated carbocycles. The van der Waals surface area contributed by atoms with E-state index in [1.165, 1.54) is 12.8 Å². The van der Waals surface area contributed by atoms with Crippen molar-refractivity contribution in [2.24, 2.45) is 0 Å². The van der Waals surface area contributed by atoms with Crippen LogP contribution in [0.1, 0.15) is 51.9 Å². The Morgan fingerprint density at radius 3 is 2.68 bits per heavy atom. The molecule has 5 nitrogen and oxygen atoms in total. The highest BCUT2D eigenvalue weighted by Gasteiger charge is 2.37. The van der Waals surface area contributed by atoms with Gasteiger partial charge in [0.2, 0.25) is 5.91 Å². The van der Waals surface area contributed by atoms with E-state index >= 15 is 0 Å². The van der Waals surface area contributed by atoms with Crippen LogP contribution in [0.15, 0.2) is 0 Å². The van der Waals surface area contributed by atoms with Crippen LogP contribution in [-0.4, -0.2) is 46.6 Å². The van der Waals surface area contributed by atoms with Crippen molar-refractivity contribution in [2.75, 3.05) is 6.54 Å². The molecule has 0 bridgehead atoms. The first kappa shape index (κ1) is 14.3. The van der Waals surface area contributed by atoms with E-state index in [0.29, 0.717) is 25.0 Å². The summed E-state index contributed by atoms with van der Waals surface area (Å²) in [5.41, 5.74) is 0. The Labute approximate surface area is 114 Å². The molecule has 0 aromatic rings. The molecule has 19 heavy (non-hydrogen) atoms. The highest BCUT2D eigenvalue weighted by Crippen LogP contribution is 2.30. The summed E-state index contributed by atoms with van der Waals surface area (Å²) < 4.78 is 0. The number of carbonyl (C=O) groups is 2. The summed E-state index contributed by atoms with van der Waals surface area (Å²) in [5, 5.41) is 11.8. The van der Waals surface area contributed by atoms with Gasteiger partial charge in [0.15, 0.2) is 0 Å². The topological polar surface area (TPSA) is 69.6 Å². The number of carbonyl (C=O) groups excluding carboxylic acids is 1. The second kappa shape index (κ2) is 6.37. The summed E-state index contributed by atoms with van der Waals surface area (Å²) in [6.07, 6.45) is 6.16. The Bertz CT molecular complexity index is 340. The first-order valence-electron chi connectivity index (χ1n) is 7.36. The fourth-order valence-corrected chi connectivity index (χ4v) is 3.47. The lowest BCUT2D eigenvalue weighted by atomic mass is 10.0. The number of carboxylic acid groups (broad SMARTS) is 1. The molecular weight excluding hydrogens is 244 g/mol. The first-order valence-corrected chi connectivity index (χ1v) is 7.36. The zero-order valence-corrected chi connectivity index (χ0v) is 11.6. The molecule has 2 rings (SSSR count). The standard InChI is InChI=1S/C14H24N2O3/c1-10-8-9-15-14(19)12(6-7-13(17)18)16(10)11-4-2-3-5-11/h10-12H,2-9H2,1H3,(H,15,19)(H,17,18). The Hall–Kier alpha value is -1.10. The van der Waals surface area contributed by atoms with Crippen molar-refractivity contribution in [3.63, 3.8) is 0 Å². The molecule has 0 aromatic carbocycles.